The predicted octanol–water partition coefficient (Wildman–Crippen LogP) is 2.48. The first-order chi connectivity index (χ1) is 9.10. The van der Waals surface area contributed by atoms with E-state index in [9.17, 15) is 4.79 Å². The number of esters is 1. The van der Waals surface area contributed by atoms with Gasteiger partial charge in [-0.1, -0.05) is 33.6 Å². The van der Waals surface area contributed by atoms with E-state index in [0.29, 0.717) is 19.7 Å². The Labute approximate surface area is 125 Å². The van der Waals surface area contributed by atoms with Gasteiger partial charge in [-0.25, -0.2) is 4.79 Å². The van der Waals surface area contributed by atoms with Gasteiger partial charge in [-0.05, 0) is 17.7 Å². The minimum absolute atomic E-state index is 0.327. The maximum atomic E-state index is 11.5. The van der Waals surface area contributed by atoms with Crippen molar-refractivity contribution in [2.24, 2.45) is 0 Å². The number of nitrogens with zero attached hydrogens (tertiary/aromatic N) is 1. The summed E-state index contributed by atoms with van der Waals surface area (Å²) in [4.78, 5) is 13.6. The first-order valence-corrected chi connectivity index (χ1v) is 7.13. The number of halogens is 2. The molecule has 0 amide bonds. The Morgan fingerprint density at radius 2 is 2.42 bits per heavy atom. The number of carbonyl (C=O) groups is 1. The Morgan fingerprint density at radius 1 is 1.63 bits per heavy atom. The number of carbonyl (C=O) groups excluding carboxylic acids is 1. The second kappa shape index (κ2) is 6.70. The van der Waals surface area contributed by atoms with E-state index in [1.807, 2.05) is 18.2 Å². The van der Waals surface area contributed by atoms with Gasteiger partial charge in [-0.15, -0.1) is 0 Å². The van der Waals surface area contributed by atoms with Crippen LogP contribution in [-0.4, -0.2) is 43.8 Å². The maximum Gasteiger partial charge on any atom is 0.336 e. The fourth-order valence-electron chi connectivity index (χ4n) is 2.01. The van der Waals surface area contributed by atoms with Crippen LogP contribution in [0.4, 0.5) is 0 Å². The highest BCUT2D eigenvalue weighted by atomic mass is 79.9. The smallest absolute Gasteiger partial charge is 0.336 e. The molecule has 0 saturated carbocycles. The fourth-order valence-corrected chi connectivity index (χ4v) is 2.74. The maximum absolute atomic E-state index is 11.5. The van der Waals surface area contributed by atoms with Gasteiger partial charge in [0.1, 0.15) is 0 Å². The monoisotopic (exact) mass is 347 g/mol. The van der Waals surface area contributed by atoms with E-state index in [-0.39, 0.29) is 5.97 Å². The number of ether oxygens (including phenoxy) is 2. The molecule has 0 radical (unpaired) electrons. The van der Waals surface area contributed by atoms with Gasteiger partial charge >= 0.3 is 5.97 Å². The highest BCUT2D eigenvalue weighted by Gasteiger charge is 2.27. The summed E-state index contributed by atoms with van der Waals surface area (Å²) in [6, 6.07) is 5.81. The van der Waals surface area contributed by atoms with Crippen LogP contribution in [-0.2, 0) is 20.8 Å². The van der Waals surface area contributed by atoms with Gasteiger partial charge < -0.3 is 9.47 Å². The Bertz CT molecular complexity index is 469. The molecule has 6 heteroatoms. The van der Waals surface area contributed by atoms with E-state index in [2.05, 4.69) is 20.8 Å². The highest BCUT2D eigenvalue weighted by molar-refractivity contribution is 9.10. The number of hydrogen-bond acceptors (Lipinski definition) is 4. The number of hydrogen-bond donors (Lipinski definition) is 0. The molecule has 1 aromatic carbocycles. The summed E-state index contributed by atoms with van der Waals surface area (Å²) in [6.45, 7) is 2.52. The molecule has 0 aromatic heterocycles. The number of benzene rings is 1. The highest BCUT2D eigenvalue weighted by Crippen LogP contribution is 2.23. The quantitative estimate of drug-likeness (QED) is 0.787. The van der Waals surface area contributed by atoms with Crippen molar-refractivity contribution in [3.8, 4) is 0 Å². The van der Waals surface area contributed by atoms with Crippen molar-refractivity contribution < 1.29 is 14.3 Å². The molecular formula is C13H15BrClNO3. The minimum Gasteiger partial charge on any atom is -0.467 e. The summed E-state index contributed by atoms with van der Waals surface area (Å²) in [5.74, 6) is -0.327. The average Bonchev–Trinajstić information content (AvgIpc) is 2.41. The van der Waals surface area contributed by atoms with Crippen LogP contribution < -0.4 is 0 Å². The minimum atomic E-state index is -0.507. The summed E-state index contributed by atoms with van der Waals surface area (Å²) in [5.41, 5.74) is 1.04. The molecule has 1 aliphatic rings. The van der Waals surface area contributed by atoms with Gasteiger partial charge in [0, 0.05) is 29.1 Å². The van der Waals surface area contributed by atoms with Crippen LogP contribution in [0.1, 0.15) is 5.56 Å². The molecule has 1 atom stereocenters. The van der Waals surface area contributed by atoms with E-state index < -0.39 is 6.10 Å². The lowest BCUT2D eigenvalue weighted by atomic mass is 10.2. The molecule has 1 saturated heterocycles. The van der Waals surface area contributed by atoms with Crippen molar-refractivity contribution in [1.29, 1.82) is 0 Å². The second-order valence-electron chi connectivity index (χ2n) is 4.35. The fraction of sp³-hybridized carbons (Fsp3) is 0.462. The third-order valence-corrected chi connectivity index (χ3v) is 3.87. The molecule has 0 N–H and O–H groups in total. The van der Waals surface area contributed by atoms with Crippen LogP contribution in [0.2, 0.25) is 5.02 Å². The van der Waals surface area contributed by atoms with Crippen LogP contribution in [0.25, 0.3) is 0 Å². The van der Waals surface area contributed by atoms with Crippen LogP contribution >= 0.6 is 27.5 Å². The van der Waals surface area contributed by atoms with Crippen LogP contribution in [0.5, 0.6) is 0 Å². The van der Waals surface area contributed by atoms with Crippen molar-refractivity contribution in [3.05, 3.63) is 33.3 Å². The normalized spacial score (nSPS) is 20.3. The molecule has 1 heterocycles. The van der Waals surface area contributed by atoms with E-state index in [1.165, 1.54) is 7.11 Å². The Morgan fingerprint density at radius 3 is 3.11 bits per heavy atom. The van der Waals surface area contributed by atoms with Crippen LogP contribution in [0, 0.1) is 0 Å². The number of rotatable bonds is 3. The lowest BCUT2D eigenvalue weighted by Crippen LogP contribution is -2.46. The van der Waals surface area contributed by atoms with Crippen molar-refractivity contribution in [1.82, 2.24) is 4.90 Å². The largest absolute Gasteiger partial charge is 0.467 e. The van der Waals surface area contributed by atoms with Crippen molar-refractivity contribution in [2.45, 2.75) is 12.6 Å². The van der Waals surface area contributed by atoms with Gasteiger partial charge in [0.25, 0.3) is 0 Å². The summed E-state index contributed by atoms with van der Waals surface area (Å²) < 4.78 is 11.1. The molecule has 1 aromatic rings. The lowest BCUT2D eigenvalue weighted by Gasteiger charge is -2.31. The van der Waals surface area contributed by atoms with Crippen molar-refractivity contribution in [3.63, 3.8) is 0 Å². The predicted molar refractivity (Wildman–Crippen MR) is 76.2 cm³/mol. The Hall–Kier alpha value is -0.620. The van der Waals surface area contributed by atoms with E-state index in [0.717, 1.165) is 21.6 Å². The van der Waals surface area contributed by atoms with Crippen LogP contribution in [0.3, 0.4) is 0 Å². The van der Waals surface area contributed by atoms with Gasteiger partial charge in [-0.3, -0.25) is 4.90 Å². The molecule has 19 heavy (non-hydrogen) atoms. The summed E-state index contributed by atoms with van der Waals surface area (Å²) in [6.07, 6.45) is -0.507. The molecule has 104 valence electrons. The SMILES string of the molecule is COC(=O)C1CN(Cc2ccc(Br)cc2Cl)CCO1. The van der Waals surface area contributed by atoms with E-state index in [4.69, 9.17) is 21.1 Å². The zero-order chi connectivity index (χ0) is 13.8. The molecule has 0 aliphatic carbocycles. The Kier molecular flexibility index (Phi) is 5.21. The first-order valence-electron chi connectivity index (χ1n) is 5.96. The molecular weight excluding hydrogens is 334 g/mol. The van der Waals surface area contributed by atoms with Gasteiger partial charge in [0.05, 0.1) is 13.7 Å². The first kappa shape index (κ1) is 14.8. The summed E-state index contributed by atoms with van der Waals surface area (Å²) in [7, 11) is 1.37. The molecule has 1 fully saturated rings. The van der Waals surface area contributed by atoms with E-state index >= 15 is 0 Å². The molecule has 1 aliphatic heterocycles. The van der Waals surface area contributed by atoms with Gasteiger partial charge in [0.15, 0.2) is 6.10 Å². The molecule has 0 spiro atoms. The summed E-state index contributed by atoms with van der Waals surface area (Å²) in [5, 5.41) is 0.718. The van der Waals surface area contributed by atoms with E-state index in [1.54, 1.807) is 0 Å². The molecule has 4 nitrogen and oxygen atoms in total. The molecule has 0 bridgehead atoms. The standard InChI is InChI=1S/C13H15BrClNO3/c1-18-13(17)12-8-16(4-5-19-12)7-9-2-3-10(14)6-11(9)15/h2-3,6,12H,4-5,7-8H2,1H3. The van der Waals surface area contributed by atoms with Crippen LogP contribution in [0.15, 0.2) is 22.7 Å². The summed E-state index contributed by atoms with van der Waals surface area (Å²) >= 11 is 9.58. The molecule has 2 rings (SSSR count). The van der Waals surface area contributed by atoms with Gasteiger partial charge in [-0.2, -0.15) is 0 Å². The van der Waals surface area contributed by atoms with Gasteiger partial charge in [0.2, 0.25) is 0 Å². The zero-order valence-corrected chi connectivity index (χ0v) is 12.9. The Balaban J connectivity index is 2.00. The average molecular weight is 349 g/mol. The third kappa shape index (κ3) is 3.92. The number of methoxy groups -OCH3 is 1. The number of morpholine rings is 1. The molecule has 1 unspecified atom stereocenters. The van der Waals surface area contributed by atoms with Crippen molar-refractivity contribution in [2.75, 3.05) is 26.8 Å². The lowest BCUT2D eigenvalue weighted by molar-refractivity contribution is -0.160. The third-order valence-electron chi connectivity index (χ3n) is 3.02. The zero-order valence-electron chi connectivity index (χ0n) is 10.6. The topological polar surface area (TPSA) is 38.8 Å². The second-order valence-corrected chi connectivity index (χ2v) is 5.68. The van der Waals surface area contributed by atoms with Crippen molar-refractivity contribution >= 4 is 33.5 Å².